The zero-order valence-electron chi connectivity index (χ0n) is 14.0. The molecule has 0 radical (unpaired) electrons. The van der Waals surface area contributed by atoms with Crippen LogP contribution in [0, 0.1) is 0 Å². The van der Waals surface area contributed by atoms with E-state index < -0.39 is 12.0 Å². The van der Waals surface area contributed by atoms with Crippen LogP contribution in [0.25, 0.3) is 0 Å². The fourth-order valence-electron chi connectivity index (χ4n) is 2.89. The molecule has 1 unspecified atom stereocenters. The average Bonchev–Trinajstić information content (AvgIpc) is 2.59. The number of likely N-dealkylation sites (tertiary alicyclic amines) is 1. The van der Waals surface area contributed by atoms with E-state index in [-0.39, 0.29) is 11.8 Å². The van der Waals surface area contributed by atoms with E-state index >= 15 is 0 Å². The number of amides is 2. The summed E-state index contributed by atoms with van der Waals surface area (Å²) in [5.41, 5.74) is 0.960. The predicted octanol–water partition coefficient (Wildman–Crippen LogP) is 2.89. The summed E-state index contributed by atoms with van der Waals surface area (Å²) in [6.07, 6.45) is 4.31. The Morgan fingerprint density at radius 2 is 2.08 bits per heavy atom. The van der Waals surface area contributed by atoms with E-state index in [4.69, 9.17) is 0 Å². The number of unbranched alkanes of at least 4 members (excludes halogenated alkanes) is 1. The third-order valence-corrected chi connectivity index (χ3v) is 4.20. The SMILES string of the molecule is CCCCC(=O)Nc1cccc(C(=O)N2CCCCC2C(=O)O)c1. The molecule has 130 valence electrons. The van der Waals surface area contributed by atoms with E-state index in [1.165, 1.54) is 4.90 Å². The van der Waals surface area contributed by atoms with Gasteiger partial charge in [-0.05, 0) is 43.9 Å². The van der Waals surface area contributed by atoms with Crippen molar-refractivity contribution in [3.63, 3.8) is 0 Å². The van der Waals surface area contributed by atoms with Crippen LogP contribution in [0.1, 0.15) is 55.8 Å². The van der Waals surface area contributed by atoms with E-state index in [1.54, 1.807) is 24.3 Å². The quantitative estimate of drug-likeness (QED) is 0.838. The first-order valence-corrected chi connectivity index (χ1v) is 8.46. The normalized spacial score (nSPS) is 17.4. The Bertz CT molecular complexity index is 615. The van der Waals surface area contributed by atoms with Crippen molar-refractivity contribution in [2.75, 3.05) is 11.9 Å². The van der Waals surface area contributed by atoms with Gasteiger partial charge in [-0.15, -0.1) is 0 Å². The molecular formula is C18H24N2O4. The second-order valence-electron chi connectivity index (χ2n) is 6.08. The van der Waals surface area contributed by atoms with Gasteiger partial charge in [-0.25, -0.2) is 4.79 Å². The van der Waals surface area contributed by atoms with Crippen LogP contribution in [-0.2, 0) is 9.59 Å². The number of benzene rings is 1. The largest absolute Gasteiger partial charge is 0.480 e. The molecule has 2 N–H and O–H groups in total. The van der Waals surface area contributed by atoms with Crippen molar-refractivity contribution in [1.29, 1.82) is 0 Å². The van der Waals surface area contributed by atoms with Crippen LogP contribution < -0.4 is 5.32 Å². The molecule has 0 spiro atoms. The highest BCUT2D eigenvalue weighted by molar-refractivity contribution is 5.98. The number of carbonyl (C=O) groups is 3. The third-order valence-electron chi connectivity index (χ3n) is 4.20. The lowest BCUT2D eigenvalue weighted by atomic mass is 10.0. The van der Waals surface area contributed by atoms with Crippen molar-refractivity contribution in [3.8, 4) is 0 Å². The fourth-order valence-corrected chi connectivity index (χ4v) is 2.89. The van der Waals surface area contributed by atoms with Crippen LogP contribution in [0.2, 0.25) is 0 Å². The van der Waals surface area contributed by atoms with Crippen molar-refractivity contribution in [2.45, 2.75) is 51.5 Å². The van der Waals surface area contributed by atoms with Crippen LogP contribution in [0.15, 0.2) is 24.3 Å². The number of hydrogen-bond acceptors (Lipinski definition) is 3. The van der Waals surface area contributed by atoms with Crippen LogP contribution >= 0.6 is 0 Å². The van der Waals surface area contributed by atoms with Gasteiger partial charge in [0.15, 0.2) is 0 Å². The summed E-state index contributed by atoms with van der Waals surface area (Å²) in [6, 6.07) is 5.92. The number of piperidine rings is 1. The molecule has 1 atom stereocenters. The van der Waals surface area contributed by atoms with Gasteiger partial charge in [-0.1, -0.05) is 19.4 Å². The zero-order valence-corrected chi connectivity index (χ0v) is 14.0. The van der Waals surface area contributed by atoms with E-state index in [9.17, 15) is 19.5 Å². The lowest BCUT2D eigenvalue weighted by Gasteiger charge is -2.33. The van der Waals surface area contributed by atoms with Gasteiger partial charge in [0, 0.05) is 24.2 Å². The second kappa shape index (κ2) is 8.47. The van der Waals surface area contributed by atoms with Crippen molar-refractivity contribution >= 4 is 23.5 Å². The summed E-state index contributed by atoms with van der Waals surface area (Å²) >= 11 is 0. The molecule has 24 heavy (non-hydrogen) atoms. The zero-order chi connectivity index (χ0) is 17.5. The third kappa shape index (κ3) is 4.57. The van der Waals surface area contributed by atoms with E-state index in [1.807, 2.05) is 6.92 Å². The van der Waals surface area contributed by atoms with Gasteiger partial charge < -0.3 is 15.3 Å². The maximum Gasteiger partial charge on any atom is 0.326 e. The molecule has 0 aliphatic carbocycles. The molecule has 1 saturated heterocycles. The highest BCUT2D eigenvalue weighted by atomic mass is 16.4. The number of nitrogens with one attached hydrogen (secondary N) is 1. The van der Waals surface area contributed by atoms with Gasteiger partial charge in [-0.2, -0.15) is 0 Å². The maximum atomic E-state index is 12.7. The Labute approximate surface area is 141 Å². The molecule has 1 aromatic carbocycles. The lowest BCUT2D eigenvalue weighted by molar-refractivity contribution is -0.143. The highest BCUT2D eigenvalue weighted by Gasteiger charge is 2.32. The molecule has 0 aromatic heterocycles. The van der Waals surface area contributed by atoms with E-state index in [0.29, 0.717) is 30.6 Å². The number of rotatable bonds is 6. The fraction of sp³-hybridized carbons (Fsp3) is 0.500. The maximum absolute atomic E-state index is 12.7. The molecule has 1 fully saturated rings. The molecular weight excluding hydrogens is 308 g/mol. The van der Waals surface area contributed by atoms with Gasteiger partial charge in [0.2, 0.25) is 5.91 Å². The van der Waals surface area contributed by atoms with Gasteiger partial charge >= 0.3 is 5.97 Å². The molecule has 0 saturated carbocycles. The van der Waals surface area contributed by atoms with Crippen molar-refractivity contribution in [1.82, 2.24) is 4.90 Å². The summed E-state index contributed by atoms with van der Waals surface area (Å²) in [5, 5.41) is 12.1. The van der Waals surface area contributed by atoms with Gasteiger partial charge in [0.1, 0.15) is 6.04 Å². The molecule has 1 aliphatic rings. The topological polar surface area (TPSA) is 86.7 Å². The van der Waals surface area contributed by atoms with Crippen LogP contribution in [0.5, 0.6) is 0 Å². The molecule has 1 aliphatic heterocycles. The van der Waals surface area contributed by atoms with Crippen LogP contribution in [-0.4, -0.2) is 40.4 Å². The standard InChI is InChI=1S/C18H24N2O4/c1-2-3-10-16(21)19-14-8-6-7-13(12-14)17(22)20-11-5-4-9-15(20)18(23)24/h6-8,12,15H,2-5,9-11H2,1H3,(H,19,21)(H,23,24). The smallest absolute Gasteiger partial charge is 0.326 e. The monoisotopic (exact) mass is 332 g/mol. The first kappa shape index (κ1) is 18.0. The highest BCUT2D eigenvalue weighted by Crippen LogP contribution is 2.21. The van der Waals surface area contributed by atoms with Crippen molar-refractivity contribution in [3.05, 3.63) is 29.8 Å². The summed E-state index contributed by atoms with van der Waals surface area (Å²) in [6.45, 7) is 2.47. The minimum Gasteiger partial charge on any atom is -0.480 e. The first-order valence-electron chi connectivity index (χ1n) is 8.46. The molecule has 6 heteroatoms. The summed E-state index contributed by atoms with van der Waals surface area (Å²) in [4.78, 5) is 37.3. The van der Waals surface area contributed by atoms with Crippen molar-refractivity contribution < 1.29 is 19.5 Å². The number of hydrogen-bond donors (Lipinski definition) is 2. The Hall–Kier alpha value is -2.37. The Morgan fingerprint density at radius 3 is 2.79 bits per heavy atom. The Balaban J connectivity index is 2.10. The molecule has 1 aromatic rings. The summed E-state index contributed by atoms with van der Waals surface area (Å²) in [5.74, 6) is -1.35. The van der Waals surface area contributed by atoms with E-state index in [2.05, 4.69) is 5.32 Å². The van der Waals surface area contributed by atoms with Crippen molar-refractivity contribution in [2.24, 2.45) is 0 Å². The summed E-state index contributed by atoms with van der Waals surface area (Å²) < 4.78 is 0. The minimum atomic E-state index is -0.966. The van der Waals surface area contributed by atoms with Crippen LogP contribution in [0.3, 0.4) is 0 Å². The lowest BCUT2D eigenvalue weighted by Crippen LogP contribution is -2.48. The average molecular weight is 332 g/mol. The molecule has 6 nitrogen and oxygen atoms in total. The van der Waals surface area contributed by atoms with Gasteiger partial charge in [0.05, 0.1) is 0 Å². The Morgan fingerprint density at radius 1 is 1.29 bits per heavy atom. The Kier molecular flexibility index (Phi) is 6.35. The molecule has 1 heterocycles. The molecule has 2 rings (SSSR count). The first-order chi connectivity index (χ1) is 11.5. The number of nitrogens with zero attached hydrogens (tertiary/aromatic N) is 1. The number of carboxylic acid groups (broad SMARTS) is 1. The number of anilines is 1. The number of carbonyl (C=O) groups excluding carboxylic acids is 2. The summed E-state index contributed by atoms with van der Waals surface area (Å²) in [7, 11) is 0. The predicted molar refractivity (Wildman–Crippen MR) is 90.9 cm³/mol. The minimum absolute atomic E-state index is 0.0807. The van der Waals surface area contributed by atoms with E-state index in [0.717, 1.165) is 25.7 Å². The molecule has 0 bridgehead atoms. The van der Waals surface area contributed by atoms with Gasteiger partial charge in [0.25, 0.3) is 5.91 Å². The number of aliphatic carboxylic acids is 1. The second-order valence-corrected chi connectivity index (χ2v) is 6.08. The van der Waals surface area contributed by atoms with Crippen LogP contribution in [0.4, 0.5) is 5.69 Å². The number of carboxylic acids is 1. The van der Waals surface area contributed by atoms with Gasteiger partial charge in [-0.3, -0.25) is 9.59 Å². The molecule has 2 amide bonds.